The lowest BCUT2D eigenvalue weighted by Gasteiger charge is -2.31. The molecule has 0 spiro atoms. The van der Waals surface area contributed by atoms with Crippen molar-refractivity contribution in [3.63, 3.8) is 0 Å². The number of fused-ring (bicyclic) bond motifs is 1. The van der Waals surface area contributed by atoms with Crippen molar-refractivity contribution in [2.75, 3.05) is 6.54 Å². The zero-order valence-corrected chi connectivity index (χ0v) is 21.2. The second-order valence-electron chi connectivity index (χ2n) is 9.08. The summed E-state index contributed by atoms with van der Waals surface area (Å²) in [4.78, 5) is 33.9. The molecule has 0 N–H and O–H groups in total. The highest BCUT2D eigenvalue weighted by Gasteiger charge is 2.26. The maximum atomic E-state index is 13.7. The summed E-state index contributed by atoms with van der Waals surface area (Å²) in [6.07, 6.45) is 7.67. The van der Waals surface area contributed by atoms with Crippen LogP contribution in [0.1, 0.15) is 90.1 Å². The topological polar surface area (TPSA) is 55.2 Å². The normalized spacial score (nSPS) is 12.1. The fourth-order valence-electron chi connectivity index (χ4n) is 4.41. The molecule has 1 aromatic heterocycles. The van der Waals surface area contributed by atoms with E-state index in [-0.39, 0.29) is 17.5 Å². The van der Waals surface area contributed by atoms with Crippen LogP contribution >= 0.6 is 0 Å². The molecule has 1 amide bonds. The number of amides is 1. The molecule has 3 aromatic rings. The average molecular weight is 462 g/mol. The highest BCUT2D eigenvalue weighted by molar-refractivity contribution is 5.79. The van der Waals surface area contributed by atoms with Gasteiger partial charge in [0.15, 0.2) is 0 Å². The standard InChI is InChI=1S/C29H39N3O2/c1-5-8-10-13-21-31(27(33)16-9-6-2)22(4)28-30-26-15-12-11-14-25(26)29(34)32(28)24-19-17-23(7-3)18-20-24/h11-12,14-15,17-20,22H,5-10,13,16,21H2,1-4H3. The van der Waals surface area contributed by atoms with Crippen molar-refractivity contribution in [3.05, 3.63) is 70.3 Å². The number of carbonyl (C=O) groups is 1. The molecule has 0 saturated heterocycles. The molecule has 182 valence electrons. The summed E-state index contributed by atoms with van der Waals surface area (Å²) in [6, 6.07) is 15.2. The molecule has 5 nitrogen and oxygen atoms in total. The number of benzene rings is 2. The first-order valence-electron chi connectivity index (χ1n) is 12.9. The third-order valence-electron chi connectivity index (χ3n) is 6.56. The Kier molecular flexibility index (Phi) is 9.43. The Balaban J connectivity index is 2.11. The van der Waals surface area contributed by atoms with Gasteiger partial charge in [0.25, 0.3) is 5.56 Å². The summed E-state index contributed by atoms with van der Waals surface area (Å²) in [7, 11) is 0. The van der Waals surface area contributed by atoms with E-state index in [1.165, 1.54) is 5.56 Å². The monoisotopic (exact) mass is 461 g/mol. The van der Waals surface area contributed by atoms with Gasteiger partial charge >= 0.3 is 0 Å². The smallest absolute Gasteiger partial charge is 0.266 e. The Bertz CT molecular complexity index is 1130. The predicted molar refractivity (Wildman–Crippen MR) is 141 cm³/mol. The second-order valence-corrected chi connectivity index (χ2v) is 9.08. The summed E-state index contributed by atoms with van der Waals surface area (Å²) in [5, 5.41) is 0.588. The number of carbonyl (C=O) groups excluding carboxylic acids is 1. The van der Waals surface area contributed by atoms with E-state index in [2.05, 4.69) is 32.9 Å². The SMILES string of the molecule is CCCCCCN(C(=O)CCCC)C(C)c1nc2ccccc2c(=O)n1-c1ccc(CC)cc1. The van der Waals surface area contributed by atoms with E-state index in [4.69, 9.17) is 4.98 Å². The Hall–Kier alpha value is -2.95. The summed E-state index contributed by atoms with van der Waals surface area (Å²) >= 11 is 0. The van der Waals surface area contributed by atoms with Crippen LogP contribution in [-0.4, -0.2) is 26.9 Å². The molecule has 0 aliphatic carbocycles. The zero-order valence-electron chi connectivity index (χ0n) is 21.2. The lowest BCUT2D eigenvalue weighted by Crippen LogP contribution is -2.38. The van der Waals surface area contributed by atoms with E-state index in [1.807, 2.05) is 48.2 Å². The number of aryl methyl sites for hydroxylation is 1. The first-order valence-corrected chi connectivity index (χ1v) is 12.9. The van der Waals surface area contributed by atoms with Gasteiger partial charge in [-0.2, -0.15) is 0 Å². The number of hydrogen-bond donors (Lipinski definition) is 0. The van der Waals surface area contributed by atoms with Crippen molar-refractivity contribution in [2.45, 2.75) is 85.1 Å². The first-order chi connectivity index (χ1) is 16.5. The molecule has 1 unspecified atom stereocenters. The van der Waals surface area contributed by atoms with Crippen LogP contribution < -0.4 is 5.56 Å². The summed E-state index contributed by atoms with van der Waals surface area (Å²) in [5.41, 5.74) is 2.58. The van der Waals surface area contributed by atoms with Crippen LogP contribution in [0.2, 0.25) is 0 Å². The van der Waals surface area contributed by atoms with Gasteiger partial charge in [-0.1, -0.05) is 70.7 Å². The molecule has 0 aliphatic heterocycles. The minimum absolute atomic E-state index is 0.0939. The van der Waals surface area contributed by atoms with Crippen LogP contribution in [0.3, 0.4) is 0 Å². The lowest BCUT2D eigenvalue weighted by molar-refractivity contribution is -0.133. The summed E-state index contributed by atoms with van der Waals surface area (Å²) in [5.74, 6) is 0.759. The van der Waals surface area contributed by atoms with E-state index >= 15 is 0 Å². The maximum absolute atomic E-state index is 13.7. The van der Waals surface area contributed by atoms with Crippen LogP contribution in [0.4, 0.5) is 0 Å². The highest BCUT2D eigenvalue weighted by Crippen LogP contribution is 2.25. The molecule has 0 saturated carbocycles. The first kappa shape index (κ1) is 25.7. The van der Waals surface area contributed by atoms with E-state index < -0.39 is 0 Å². The van der Waals surface area contributed by atoms with E-state index in [9.17, 15) is 9.59 Å². The molecule has 2 aromatic carbocycles. The van der Waals surface area contributed by atoms with Gasteiger partial charge in [0.2, 0.25) is 5.91 Å². The van der Waals surface area contributed by atoms with Gasteiger partial charge in [-0.05, 0) is 56.0 Å². The molecule has 0 aliphatic rings. The third kappa shape index (κ3) is 5.94. The highest BCUT2D eigenvalue weighted by atomic mass is 16.2. The number of hydrogen-bond acceptors (Lipinski definition) is 3. The second kappa shape index (κ2) is 12.5. The van der Waals surface area contributed by atoms with Gasteiger partial charge in [0.05, 0.1) is 22.6 Å². The lowest BCUT2D eigenvalue weighted by atomic mass is 10.1. The number of nitrogens with zero attached hydrogens (tertiary/aromatic N) is 3. The largest absolute Gasteiger partial charge is 0.333 e. The van der Waals surface area contributed by atoms with Gasteiger partial charge in [0, 0.05) is 13.0 Å². The molecular formula is C29H39N3O2. The molecule has 0 radical (unpaired) electrons. The third-order valence-corrected chi connectivity index (χ3v) is 6.56. The van der Waals surface area contributed by atoms with Gasteiger partial charge in [-0.3, -0.25) is 14.2 Å². The van der Waals surface area contributed by atoms with Gasteiger partial charge in [-0.25, -0.2) is 4.98 Å². The van der Waals surface area contributed by atoms with Crippen LogP contribution in [0.5, 0.6) is 0 Å². The van der Waals surface area contributed by atoms with Crippen LogP contribution in [-0.2, 0) is 11.2 Å². The number of aromatic nitrogens is 2. The Morgan fingerprint density at radius 2 is 1.65 bits per heavy atom. The van der Waals surface area contributed by atoms with Crippen LogP contribution in [0, 0.1) is 0 Å². The molecule has 0 bridgehead atoms. The Morgan fingerprint density at radius 3 is 2.32 bits per heavy atom. The average Bonchev–Trinajstić information content (AvgIpc) is 2.87. The Labute approximate surface area is 203 Å². The molecule has 1 atom stereocenters. The van der Waals surface area contributed by atoms with Gasteiger partial charge in [0.1, 0.15) is 5.82 Å². The molecule has 5 heteroatoms. The van der Waals surface area contributed by atoms with Crippen LogP contribution in [0.25, 0.3) is 16.6 Å². The molecule has 1 heterocycles. The van der Waals surface area contributed by atoms with Crippen molar-refractivity contribution in [1.82, 2.24) is 14.5 Å². The maximum Gasteiger partial charge on any atom is 0.266 e. The van der Waals surface area contributed by atoms with Crippen molar-refractivity contribution in [3.8, 4) is 5.69 Å². The van der Waals surface area contributed by atoms with E-state index in [0.29, 0.717) is 29.7 Å². The number of unbranched alkanes of at least 4 members (excludes halogenated alkanes) is 4. The van der Waals surface area contributed by atoms with E-state index in [0.717, 1.165) is 50.6 Å². The minimum atomic E-state index is -0.311. The van der Waals surface area contributed by atoms with Crippen molar-refractivity contribution in [2.24, 2.45) is 0 Å². The fourth-order valence-corrected chi connectivity index (χ4v) is 4.41. The molecule has 0 fully saturated rings. The van der Waals surface area contributed by atoms with Gasteiger partial charge < -0.3 is 4.90 Å². The predicted octanol–water partition coefficient (Wildman–Crippen LogP) is 6.61. The number of rotatable bonds is 12. The minimum Gasteiger partial charge on any atom is -0.333 e. The molecule has 34 heavy (non-hydrogen) atoms. The molecular weight excluding hydrogens is 422 g/mol. The Morgan fingerprint density at radius 1 is 0.941 bits per heavy atom. The van der Waals surface area contributed by atoms with Crippen molar-refractivity contribution >= 4 is 16.8 Å². The summed E-state index contributed by atoms with van der Waals surface area (Å²) < 4.78 is 1.71. The number of para-hydroxylation sites is 1. The zero-order chi connectivity index (χ0) is 24.5. The van der Waals surface area contributed by atoms with Gasteiger partial charge in [-0.15, -0.1) is 0 Å². The fraction of sp³-hybridized carbons (Fsp3) is 0.483. The van der Waals surface area contributed by atoms with Crippen LogP contribution in [0.15, 0.2) is 53.3 Å². The van der Waals surface area contributed by atoms with Crippen molar-refractivity contribution in [1.29, 1.82) is 0 Å². The molecule has 3 rings (SSSR count). The van der Waals surface area contributed by atoms with Crippen molar-refractivity contribution < 1.29 is 4.79 Å². The van der Waals surface area contributed by atoms with E-state index in [1.54, 1.807) is 4.57 Å². The summed E-state index contributed by atoms with van der Waals surface area (Å²) in [6.45, 7) is 9.10. The quantitative estimate of drug-likeness (QED) is 0.285.